The maximum absolute atomic E-state index is 12.2. The van der Waals surface area contributed by atoms with Crippen LogP contribution in [0.1, 0.15) is 22.8 Å². The van der Waals surface area contributed by atoms with Crippen LogP contribution in [0.15, 0.2) is 47.4 Å². The van der Waals surface area contributed by atoms with Crippen LogP contribution in [0.25, 0.3) is 0 Å². The van der Waals surface area contributed by atoms with Crippen LogP contribution in [0.2, 0.25) is 0 Å². The molecule has 0 atom stereocenters. The third-order valence-corrected chi connectivity index (χ3v) is 4.94. The molecule has 0 unspecified atom stereocenters. The summed E-state index contributed by atoms with van der Waals surface area (Å²) in [5.41, 5.74) is 0.545. The van der Waals surface area contributed by atoms with E-state index in [1.807, 2.05) is 6.07 Å². The van der Waals surface area contributed by atoms with Gasteiger partial charge in [0.1, 0.15) is 5.75 Å². The van der Waals surface area contributed by atoms with E-state index in [-0.39, 0.29) is 27.6 Å². The Morgan fingerprint density at radius 2 is 2.00 bits per heavy atom. The van der Waals surface area contributed by atoms with Crippen LogP contribution < -0.4 is 5.32 Å². The van der Waals surface area contributed by atoms with Crippen molar-refractivity contribution in [3.05, 3.63) is 53.6 Å². The summed E-state index contributed by atoms with van der Waals surface area (Å²) in [6, 6.07) is 11.7. The van der Waals surface area contributed by atoms with Gasteiger partial charge in [0.2, 0.25) is 0 Å². The average Bonchev–Trinajstić information content (AvgIpc) is 2.56. The number of nitrogens with zero attached hydrogens (tertiary/aromatic N) is 1. The van der Waals surface area contributed by atoms with Gasteiger partial charge in [0.15, 0.2) is 9.84 Å². The van der Waals surface area contributed by atoms with Crippen molar-refractivity contribution in [3.8, 4) is 11.8 Å². The maximum atomic E-state index is 12.2. The van der Waals surface area contributed by atoms with Crippen LogP contribution in [0.3, 0.4) is 0 Å². The quantitative estimate of drug-likeness (QED) is 0.837. The molecule has 0 aliphatic carbocycles. The number of benzene rings is 2. The van der Waals surface area contributed by atoms with Gasteiger partial charge < -0.3 is 10.4 Å². The van der Waals surface area contributed by atoms with E-state index in [0.29, 0.717) is 5.56 Å². The van der Waals surface area contributed by atoms with Gasteiger partial charge in [0.05, 0.1) is 28.0 Å². The van der Waals surface area contributed by atoms with Gasteiger partial charge in [-0.05, 0) is 36.4 Å². The molecule has 0 aliphatic rings. The highest BCUT2D eigenvalue weighted by Crippen LogP contribution is 2.27. The Hall–Kier alpha value is -2.85. The predicted octanol–water partition coefficient (Wildman–Crippen LogP) is 2.31. The third-order valence-electron chi connectivity index (χ3n) is 3.21. The zero-order valence-corrected chi connectivity index (χ0v) is 13.1. The number of nitriles is 1. The first kappa shape index (κ1) is 16.5. The van der Waals surface area contributed by atoms with Gasteiger partial charge >= 0.3 is 0 Å². The first-order chi connectivity index (χ1) is 10.9. The van der Waals surface area contributed by atoms with Crippen LogP contribution in [0, 0.1) is 11.3 Å². The van der Waals surface area contributed by atoms with Crippen LogP contribution >= 0.6 is 0 Å². The summed E-state index contributed by atoms with van der Waals surface area (Å²) in [5, 5.41) is 21.1. The second-order valence-corrected chi connectivity index (χ2v) is 7.01. The Labute approximate surface area is 133 Å². The summed E-state index contributed by atoms with van der Waals surface area (Å²) in [6.45, 7) is 1.51. The molecule has 0 heterocycles. The monoisotopic (exact) mass is 330 g/mol. The van der Waals surface area contributed by atoms with Crippen molar-refractivity contribution in [1.82, 2.24) is 0 Å². The van der Waals surface area contributed by atoms with Crippen LogP contribution in [0.4, 0.5) is 5.69 Å². The fourth-order valence-electron chi connectivity index (χ4n) is 1.90. The fraction of sp³-hybridized carbons (Fsp3) is 0.125. The van der Waals surface area contributed by atoms with Crippen LogP contribution in [-0.4, -0.2) is 25.2 Å². The standard InChI is InChI=1S/C16H14N2O4S/c1-2-23(21,22)13-6-7-15(19)14(9-13)18-16(20)12-5-3-4-11(8-12)10-17/h3-9,19H,2H2,1H3,(H,18,20). The molecule has 0 saturated heterocycles. The summed E-state index contributed by atoms with van der Waals surface area (Å²) < 4.78 is 23.7. The summed E-state index contributed by atoms with van der Waals surface area (Å²) in [7, 11) is -3.45. The molecule has 0 radical (unpaired) electrons. The summed E-state index contributed by atoms with van der Waals surface area (Å²) in [6.07, 6.45) is 0. The van der Waals surface area contributed by atoms with Crippen LogP contribution in [0.5, 0.6) is 5.75 Å². The molecular formula is C16H14N2O4S. The molecule has 6 nitrogen and oxygen atoms in total. The molecule has 0 aromatic heterocycles. The van der Waals surface area contributed by atoms with E-state index in [1.54, 1.807) is 12.1 Å². The molecule has 0 aliphatic heterocycles. The normalized spacial score (nSPS) is 10.8. The summed E-state index contributed by atoms with van der Waals surface area (Å²) >= 11 is 0. The lowest BCUT2D eigenvalue weighted by molar-refractivity contribution is 0.102. The number of sulfone groups is 1. The van der Waals surface area contributed by atoms with Gasteiger partial charge in [-0.25, -0.2) is 8.42 Å². The minimum absolute atomic E-state index is 0.00751. The van der Waals surface area contributed by atoms with Gasteiger partial charge in [-0.15, -0.1) is 0 Å². The molecule has 2 rings (SSSR count). The van der Waals surface area contributed by atoms with Gasteiger partial charge in [-0.3, -0.25) is 4.79 Å². The Morgan fingerprint density at radius 3 is 2.65 bits per heavy atom. The lowest BCUT2D eigenvalue weighted by atomic mass is 10.1. The lowest BCUT2D eigenvalue weighted by Gasteiger charge is -2.10. The second kappa shape index (κ2) is 6.50. The number of rotatable bonds is 4. The van der Waals surface area contributed by atoms with Gasteiger partial charge in [-0.2, -0.15) is 5.26 Å². The second-order valence-electron chi connectivity index (χ2n) is 4.73. The van der Waals surface area contributed by atoms with E-state index in [0.717, 1.165) is 0 Å². The predicted molar refractivity (Wildman–Crippen MR) is 84.9 cm³/mol. The zero-order valence-electron chi connectivity index (χ0n) is 12.3. The van der Waals surface area contributed by atoms with Crippen molar-refractivity contribution in [1.29, 1.82) is 5.26 Å². The van der Waals surface area contributed by atoms with E-state index in [1.165, 1.54) is 37.3 Å². The van der Waals surface area contributed by atoms with Crippen molar-refractivity contribution >= 4 is 21.4 Å². The molecule has 0 fully saturated rings. The number of hydrogen-bond acceptors (Lipinski definition) is 5. The number of aromatic hydroxyl groups is 1. The molecule has 0 saturated carbocycles. The first-order valence-electron chi connectivity index (χ1n) is 6.74. The number of phenolic OH excluding ortho intramolecular Hbond substituents is 1. The number of amides is 1. The number of carbonyl (C=O) groups excluding carboxylic acids is 1. The molecule has 1 amide bonds. The topological polar surface area (TPSA) is 107 Å². The number of hydrogen-bond donors (Lipinski definition) is 2. The molecule has 0 spiro atoms. The number of carbonyl (C=O) groups is 1. The average molecular weight is 330 g/mol. The summed E-state index contributed by atoms with van der Waals surface area (Å²) in [5.74, 6) is -0.886. The van der Waals surface area contributed by atoms with Crippen molar-refractivity contribution in [2.75, 3.05) is 11.1 Å². The largest absolute Gasteiger partial charge is 0.506 e. The Bertz CT molecular complexity index is 899. The first-order valence-corrected chi connectivity index (χ1v) is 8.40. The molecule has 23 heavy (non-hydrogen) atoms. The number of anilines is 1. The van der Waals surface area contributed by atoms with E-state index < -0.39 is 15.7 Å². The minimum atomic E-state index is -3.45. The van der Waals surface area contributed by atoms with Crippen molar-refractivity contribution < 1.29 is 18.3 Å². The highest BCUT2D eigenvalue weighted by atomic mass is 32.2. The molecule has 2 aromatic rings. The smallest absolute Gasteiger partial charge is 0.255 e. The number of nitrogens with one attached hydrogen (secondary N) is 1. The highest BCUT2D eigenvalue weighted by molar-refractivity contribution is 7.91. The molecule has 2 aromatic carbocycles. The maximum Gasteiger partial charge on any atom is 0.255 e. The van der Waals surface area contributed by atoms with Crippen LogP contribution in [-0.2, 0) is 9.84 Å². The Balaban J connectivity index is 2.34. The molecule has 2 N–H and O–H groups in total. The lowest BCUT2D eigenvalue weighted by Crippen LogP contribution is -2.13. The SMILES string of the molecule is CCS(=O)(=O)c1ccc(O)c(NC(=O)c2cccc(C#N)c2)c1. The summed E-state index contributed by atoms with van der Waals surface area (Å²) in [4.78, 5) is 12.2. The zero-order chi connectivity index (χ0) is 17.0. The molecule has 118 valence electrons. The van der Waals surface area contributed by atoms with Gasteiger partial charge in [-0.1, -0.05) is 13.0 Å². The van der Waals surface area contributed by atoms with Crippen molar-refractivity contribution in [2.24, 2.45) is 0 Å². The van der Waals surface area contributed by atoms with E-state index >= 15 is 0 Å². The van der Waals surface area contributed by atoms with E-state index in [2.05, 4.69) is 5.32 Å². The Morgan fingerprint density at radius 1 is 1.26 bits per heavy atom. The Kier molecular flexibility index (Phi) is 4.67. The van der Waals surface area contributed by atoms with E-state index in [9.17, 15) is 18.3 Å². The van der Waals surface area contributed by atoms with Gasteiger partial charge in [0, 0.05) is 5.56 Å². The third kappa shape index (κ3) is 3.67. The minimum Gasteiger partial charge on any atom is -0.506 e. The van der Waals surface area contributed by atoms with Crippen molar-refractivity contribution in [2.45, 2.75) is 11.8 Å². The van der Waals surface area contributed by atoms with Gasteiger partial charge in [0.25, 0.3) is 5.91 Å². The molecule has 0 bridgehead atoms. The van der Waals surface area contributed by atoms with Crippen molar-refractivity contribution in [3.63, 3.8) is 0 Å². The fourth-order valence-corrected chi connectivity index (χ4v) is 2.81. The molecular weight excluding hydrogens is 316 g/mol. The number of phenols is 1. The molecule has 7 heteroatoms. The van der Waals surface area contributed by atoms with E-state index in [4.69, 9.17) is 5.26 Å². The highest BCUT2D eigenvalue weighted by Gasteiger charge is 2.16.